The van der Waals surface area contributed by atoms with Gasteiger partial charge in [-0.25, -0.2) is 0 Å². The Balaban J connectivity index is 2.26. The van der Waals surface area contributed by atoms with Gasteiger partial charge < -0.3 is 4.74 Å². The van der Waals surface area contributed by atoms with Crippen LogP contribution in [0.15, 0.2) is 0 Å². The van der Waals surface area contributed by atoms with Crippen molar-refractivity contribution in [1.82, 2.24) is 0 Å². The smallest absolute Gasteiger partial charge is 0.141 e. The Morgan fingerprint density at radius 3 is 2.77 bits per heavy atom. The number of methoxy groups -OCH3 is 1. The van der Waals surface area contributed by atoms with Crippen molar-refractivity contribution in [1.29, 1.82) is 0 Å². The number of rotatable bonds is 1. The van der Waals surface area contributed by atoms with Gasteiger partial charge in [0.2, 0.25) is 0 Å². The largest absolute Gasteiger partial charge is 0.380 e. The molecular formula is C11H18O2. The van der Waals surface area contributed by atoms with Crippen LogP contribution in [0.4, 0.5) is 0 Å². The van der Waals surface area contributed by atoms with Gasteiger partial charge in [0.1, 0.15) is 5.78 Å². The van der Waals surface area contributed by atoms with E-state index in [0.29, 0.717) is 11.7 Å². The minimum atomic E-state index is -0.0752. The lowest BCUT2D eigenvalue weighted by Crippen LogP contribution is -2.37. The van der Waals surface area contributed by atoms with Crippen molar-refractivity contribution in [2.45, 2.75) is 45.1 Å². The summed E-state index contributed by atoms with van der Waals surface area (Å²) in [7, 11) is 1.75. The Morgan fingerprint density at radius 1 is 1.46 bits per heavy atom. The molecule has 3 atom stereocenters. The quantitative estimate of drug-likeness (QED) is 0.621. The molecule has 2 heteroatoms. The van der Waals surface area contributed by atoms with Crippen molar-refractivity contribution in [3.63, 3.8) is 0 Å². The van der Waals surface area contributed by atoms with Crippen molar-refractivity contribution in [2.24, 2.45) is 11.3 Å². The molecular weight excluding hydrogens is 164 g/mol. The zero-order valence-corrected chi connectivity index (χ0v) is 8.51. The standard InChI is InChI=1S/C11H18O2/c1-8-5-7-11(10(8)13-2)6-3-4-9(11)12/h8,10H,3-7H2,1-2H3/t8-,10+,11+/m1/s1. The average molecular weight is 182 g/mol. The maximum absolute atomic E-state index is 11.8. The highest BCUT2D eigenvalue weighted by atomic mass is 16.5. The number of carbonyl (C=O) groups excluding carboxylic acids is 1. The summed E-state index contributed by atoms with van der Waals surface area (Å²) in [5.74, 6) is 1.02. The third-order valence-electron chi connectivity index (χ3n) is 3.94. The Bertz CT molecular complexity index is 224. The van der Waals surface area contributed by atoms with E-state index in [1.165, 1.54) is 0 Å². The molecule has 0 aromatic rings. The van der Waals surface area contributed by atoms with Crippen LogP contribution in [-0.4, -0.2) is 19.0 Å². The molecule has 2 fully saturated rings. The van der Waals surface area contributed by atoms with Gasteiger partial charge in [0.25, 0.3) is 0 Å². The molecule has 0 aromatic heterocycles. The molecule has 74 valence electrons. The van der Waals surface area contributed by atoms with Crippen molar-refractivity contribution >= 4 is 5.78 Å². The molecule has 0 aromatic carbocycles. The highest BCUT2D eigenvalue weighted by molar-refractivity contribution is 5.87. The molecule has 2 saturated carbocycles. The number of ether oxygens (including phenoxy) is 1. The first-order chi connectivity index (χ1) is 6.20. The van der Waals surface area contributed by atoms with Crippen LogP contribution < -0.4 is 0 Å². The van der Waals surface area contributed by atoms with Crippen molar-refractivity contribution in [3.05, 3.63) is 0 Å². The molecule has 0 saturated heterocycles. The molecule has 2 aliphatic rings. The van der Waals surface area contributed by atoms with E-state index < -0.39 is 0 Å². The topological polar surface area (TPSA) is 26.3 Å². The van der Waals surface area contributed by atoms with E-state index in [9.17, 15) is 4.79 Å². The van der Waals surface area contributed by atoms with Gasteiger partial charge in [0, 0.05) is 13.5 Å². The van der Waals surface area contributed by atoms with Gasteiger partial charge in [-0.2, -0.15) is 0 Å². The molecule has 2 nitrogen and oxygen atoms in total. The maximum atomic E-state index is 11.8. The fraction of sp³-hybridized carbons (Fsp3) is 0.909. The highest BCUT2D eigenvalue weighted by Crippen LogP contribution is 2.51. The molecule has 0 radical (unpaired) electrons. The summed E-state index contributed by atoms with van der Waals surface area (Å²) in [6.07, 6.45) is 5.34. The van der Waals surface area contributed by atoms with Crippen LogP contribution in [0, 0.1) is 11.3 Å². The average Bonchev–Trinajstić information content (AvgIpc) is 2.61. The first-order valence-electron chi connectivity index (χ1n) is 5.27. The summed E-state index contributed by atoms with van der Waals surface area (Å²) in [4.78, 5) is 11.8. The number of hydrogen-bond donors (Lipinski definition) is 0. The fourth-order valence-corrected chi connectivity index (χ4v) is 3.30. The number of Topliss-reactive ketones (excluding diaryl/α,β-unsaturated/α-hetero) is 1. The molecule has 0 amide bonds. The Labute approximate surface area is 79.7 Å². The first-order valence-corrected chi connectivity index (χ1v) is 5.27. The Morgan fingerprint density at radius 2 is 2.23 bits per heavy atom. The van der Waals surface area contributed by atoms with Crippen molar-refractivity contribution < 1.29 is 9.53 Å². The molecule has 13 heavy (non-hydrogen) atoms. The molecule has 1 spiro atoms. The van der Waals surface area contributed by atoms with Crippen LogP contribution in [0.25, 0.3) is 0 Å². The number of hydrogen-bond acceptors (Lipinski definition) is 2. The van der Waals surface area contributed by atoms with Gasteiger partial charge in [0.05, 0.1) is 11.5 Å². The van der Waals surface area contributed by atoms with E-state index in [1.807, 2.05) is 0 Å². The van der Waals surface area contributed by atoms with Gasteiger partial charge in [0.15, 0.2) is 0 Å². The second kappa shape index (κ2) is 3.09. The highest BCUT2D eigenvalue weighted by Gasteiger charge is 2.53. The van der Waals surface area contributed by atoms with Gasteiger partial charge in [-0.15, -0.1) is 0 Å². The summed E-state index contributed by atoms with van der Waals surface area (Å²) in [6.45, 7) is 2.20. The van der Waals surface area contributed by atoms with Crippen LogP contribution in [0.1, 0.15) is 39.0 Å². The van der Waals surface area contributed by atoms with E-state index in [-0.39, 0.29) is 11.5 Å². The van der Waals surface area contributed by atoms with Crippen LogP contribution in [0.3, 0.4) is 0 Å². The lowest BCUT2D eigenvalue weighted by molar-refractivity contribution is -0.132. The molecule has 2 rings (SSSR count). The van der Waals surface area contributed by atoms with E-state index in [2.05, 4.69) is 6.92 Å². The molecule has 0 heterocycles. The van der Waals surface area contributed by atoms with Gasteiger partial charge in [-0.05, 0) is 31.6 Å². The predicted octanol–water partition coefficient (Wildman–Crippen LogP) is 2.17. The molecule has 0 aliphatic heterocycles. The fourth-order valence-electron chi connectivity index (χ4n) is 3.30. The maximum Gasteiger partial charge on any atom is 0.141 e. The summed E-state index contributed by atoms with van der Waals surface area (Å²) in [6, 6.07) is 0. The zero-order valence-electron chi connectivity index (χ0n) is 8.51. The second-order valence-electron chi connectivity index (χ2n) is 4.61. The summed E-state index contributed by atoms with van der Waals surface area (Å²) in [5.41, 5.74) is -0.0752. The van der Waals surface area contributed by atoms with Crippen molar-refractivity contribution in [2.75, 3.05) is 7.11 Å². The third-order valence-corrected chi connectivity index (χ3v) is 3.94. The minimum Gasteiger partial charge on any atom is -0.380 e. The first kappa shape index (κ1) is 9.20. The number of ketones is 1. The number of carbonyl (C=O) groups is 1. The van der Waals surface area contributed by atoms with E-state index in [0.717, 1.165) is 32.1 Å². The van der Waals surface area contributed by atoms with E-state index in [4.69, 9.17) is 4.74 Å². The zero-order chi connectivity index (χ0) is 9.47. The third kappa shape index (κ3) is 1.15. The Kier molecular flexibility index (Phi) is 2.18. The predicted molar refractivity (Wildman–Crippen MR) is 50.5 cm³/mol. The SMILES string of the molecule is CO[C@H]1[C@H](C)CC[C@]12CCCC2=O. The summed E-state index contributed by atoms with van der Waals surface area (Å²) in [5, 5.41) is 0. The monoisotopic (exact) mass is 182 g/mol. The second-order valence-corrected chi connectivity index (χ2v) is 4.61. The van der Waals surface area contributed by atoms with E-state index >= 15 is 0 Å². The van der Waals surface area contributed by atoms with Crippen LogP contribution in [0.2, 0.25) is 0 Å². The lowest BCUT2D eigenvalue weighted by atomic mass is 9.80. The van der Waals surface area contributed by atoms with E-state index in [1.54, 1.807) is 7.11 Å². The van der Waals surface area contributed by atoms with Crippen LogP contribution >= 0.6 is 0 Å². The normalized spacial score (nSPS) is 44.9. The minimum absolute atomic E-state index is 0.0752. The van der Waals surface area contributed by atoms with Gasteiger partial charge >= 0.3 is 0 Å². The van der Waals surface area contributed by atoms with Gasteiger partial charge in [-0.3, -0.25) is 4.79 Å². The molecule has 0 N–H and O–H groups in total. The lowest BCUT2D eigenvalue weighted by Gasteiger charge is -2.30. The molecule has 2 aliphatic carbocycles. The van der Waals surface area contributed by atoms with Gasteiger partial charge in [-0.1, -0.05) is 6.92 Å². The summed E-state index contributed by atoms with van der Waals surface area (Å²) < 4.78 is 5.51. The van der Waals surface area contributed by atoms with Crippen LogP contribution in [0.5, 0.6) is 0 Å². The molecule has 0 bridgehead atoms. The van der Waals surface area contributed by atoms with Crippen molar-refractivity contribution in [3.8, 4) is 0 Å². The summed E-state index contributed by atoms with van der Waals surface area (Å²) >= 11 is 0. The Hall–Kier alpha value is -0.370. The molecule has 0 unspecified atom stereocenters. The van der Waals surface area contributed by atoms with Crippen LogP contribution in [-0.2, 0) is 9.53 Å².